The minimum Gasteiger partial charge on any atom is -0.378 e. The number of alkyl halides is 1. The van der Waals surface area contributed by atoms with Crippen molar-refractivity contribution in [1.29, 1.82) is 0 Å². The molecule has 2 rings (SSSR count). The quantitative estimate of drug-likeness (QED) is 0.792. The van der Waals surface area contributed by atoms with E-state index in [1.54, 1.807) is 0 Å². The van der Waals surface area contributed by atoms with E-state index in [1.807, 2.05) is 0 Å². The molecule has 0 N–H and O–H groups in total. The van der Waals surface area contributed by atoms with E-state index < -0.39 is 0 Å². The molecule has 15 heavy (non-hydrogen) atoms. The second-order valence-electron chi connectivity index (χ2n) is 3.76. The number of hydrogen-bond donors (Lipinski definition) is 0. The van der Waals surface area contributed by atoms with Crippen LogP contribution in [0.2, 0.25) is 0 Å². The number of rotatable bonds is 4. The molecule has 1 saturated heterocycles. The zero-order chi connectivity index (χ0) is 10.7. The predicted molar refractivity (Wildman–Crippen MR) is 58.9 cm³/mol. The van der Waals surface area contributed by atoms with Gasteiger partial charge in [0.05, 0.1) is 10.9 Å². The Labute approximate surface area is 97.5 Å². The summed E-state index contributed by atoms with van der Waals surface area (Å²) in [7, 11) is 0. The Bertz CT molecular complexity index is 310. The van der Waals surface area contributed by atoms with Crippen LogP contribution in [0.4, 0.5) is 0 Å². The summed E-state index contributed by atoms with van der Waals surface area (Å²) < 4.78 is 10.7. The lowest BCUT2D eigenvalue weighted by Crippen LogP contribution is -2.09. The van der Waals surface area contributed by atoms with Gasteiger partial charge >= 0.3 is 0 Å². The topological polar surface area (TPSA) is 48.2 Å². The molecule has 0 aromatic carbocycles. The second-order valence-corrected chi connectivity index (χ2v) is 4.87. The van der Waals surface area contributed by atoms with Gasteiger partial charge in [0.1, 0.15) is 0 Å². The molecule has 1 aliphatic heterocycles. The van der Waals surface area contributed by atoms with Crippen LogP contribution in [0.5, 0.6) is 0 Å². The highest BCUT2D eigenvalue weighted by atomic mass is 79.9. The number of halogens is 1. The van der Waals surface area contributed by atoms with Crippen LogP contribution in [0.3, 0.4) is 0 Å². The molecule has 1 aromatic heterocycles. The Kier molecular flexibility index (Phi) is 3.75. The molecule has 0 spiro atoms. The molecule has 5 heteroatoms. The Morgan fingerprint density at radius 2 is 2.47 bits per heavy atom. The van der Waals surface area contributed by atoms with Gasteiger partial charge in [0.2, 0.25) is 5.89 Å². The van der Waals surface area contributed by atoms with E-state index in [0.29, 0.717) is 5.89 Å². The summed E-state index contributed by atoms with van der Waals surface area (Å²) in [5.41, 5.74) is 0. The first-order chi connectivity index (χ1) is 7.29. The van der Waals surface area contributed by atoms with Crippen LogP contribution in [-0.4, -0.2) is 22.9 Å². The average Bonchev–Trinajstić information content (AvgIpc) is 2.88. The normalized spacial score (nSPS) is 23.2. The second kappa shape index (κ2) is 5.07. The lowest BCUT2D eigenvalue weighted by Gasteiger charge is -2.04. The largest absolute Gasteiger partial charge is 0.378 e. The number of nitrogens with zero attached hydrogens (tertiary/aromatic N) is 2. The van der Waals surface area contributed by atoms with Crippen molar-refractivity contribution >= 4 is 15.9 Å². The summed E-state index contributed by atoms with van der Waals surface area (Å²) in [6.07, 6.45) is 4.25. The summed E-state index contributed by atoms with van der Waals surface area (Å²) in [4.78, 5) is 4.51. The van der Waals surface area contributed by atoms with Crippen LogP contribution in [0.25, 0.3) is 0 Å². The van der Waals surface area contributed by atoms with Gasteiger partial charge in [0.15, 0.2) is 5.82 Å². The molecule has 1 aliphatic rings. The van der Waals surface area contributed by atoms with Gasteiger partial charge in [-0.25, -0.2) is 0 Å². The zero-order valence-electron chi connectivity index (χ0n) is 8.78. The van der Waals surface area contributed by atoms with Crippen molar-refractivity contribution in [3.8, 4) is 0 Å². The highest BCUT2D eigenvalue weighted by Crippen LogP contribution is 2.24. The number of aromatic nitrogens is 2. The summed E-state index contributed by atoms with van der Waals surface area (Å²) in [5.74, 6) is 1.43. The van der Waals surface area contributed by atoms with Crippen molar-refractivity contribution in [3.05, 3.63) is 11.7 Å². The SMILES string of the molecule is CCC(Br)c1nc(CC2CCCO2)no1. The molecule has 2 heterocycles. The average molecular weight is 275 g/mol. The van der Waals surface area contributed by atoms with Crippen LogP contribution >= 0.6 is 15.9 Å². The maximum absolute atomic E-state index is 5.52. The lowest BCUT2D eigenvalue weighted by molar-refractivity contribution is 0.109. The molecule has 0 bridgehead atoms. The Hall–Kier alpha value is -0.420. The van der Waals surface area contributed by atoms with Gasteiger partial charge < -0.3 is 9.26 Å². The van der Waals surface area contributed by atoms with Gasteiger partial charge in [0, 0.05) is 13.0 Å². The zero-order valence-corrected chi connectivity index (χ0v) is 10.4. The summed E-state index contributed by atoms with van der Waals surface area (Å²) >= 11 is 3.48. The first kappa shape index (κ1) is 11.1. The van der Waals surface area contributed by atoms with E-state index in [9.17, 15) is 0 Å². The molecule has 2 atom stereocenters. The maximum Gasteiger partial charge on any atom is 0.240 e. The summed E-state index contributed by atoms with van der Waals surface area (Å²) in [6.45, 7) is 2.94. The minimum absolute atomic E-state index is 0.170. The van der Waals surface area contributed by atoms with Gasteiger partial charge in [0.25, 0.3) is 0 Å². The molecule has 1 aromatic rings. The fourth-order valence-corrected chi connectivity index (χ4v) is 1.85. The lowest BCUT2D eigenvalue weighted by atomic mass is 10.2. The third-order valence-electron chi connectivity index (χ3n) is 2.54. The molecule has 4 nitrogen and oxygen atoms in total. The van der Waals surface area contributed by atoms with Crippen molar-refractivity contribution < 1.29 is 9.26 Å². The summed E-state index contributed by atoms with van der Waals surface area (Å²) in [5, 5.41) is 3.95. The van der Waals surface area contributed by atoms with Gasteiger partial charge in [-0.15, -0.1) is 0 Å². The molecule has 0 saturated carbocycles. The van der Waals surface area contributed by atoms with Crippen LogP contribution in [0.1, 0.15) is 42.7 Å². The van der Waals surface area contributed by atoms with Crippen LogP contribution in [0, 0.1) is 0 Å². The van der Waals surface area contributed by atoms with Crippen LogP contribution in [0.15, 0.2) is 4.52 Å². The Morgan fingerprint density at radius 3 is 3.13 bits per heavy atom. The standard InChI is InChI=1S/C10H15BrN2O2/c1-2-8(11)10-12-9(13-15-10)6-7-4-3-5-14-7/h7-8H,2-6H2,1H3. The molecule has 2 unspecified atom stereocenters. The van der Waals surface area contributed by atoms with Gasteiger partial charge in [-0.2, -0.15) is 4.98 Å². The molecular weight excluding hydrogens is 260 g/mol. The van der Waals surface area contributed by atoms with Gasteiger partial charge in [-0.05, 0) is 19.3 Å². The third kappa shape index (κ3) is 2.78. The summed E-state index contributed by atoms with van der Waals surface area (Å²) in [6, 6.07) is 0. The van der Waals surface area contributed by atoms with Gasteiger partial charge in [-0.3, -0.25) is 0 Å². The predicted octanol–water partition coefficient (Wildman–Crippen LogP) is 2.64. The van der Waals surface area contributed by atoms with E-state index in [-0.39, 0.29) is 10.9 Å². The van der Waals surface area contributed by atoms with Gasteiger partial charge in [-0.1, -0.05) is 28.0 Å². The number of hydrogen-bond acceptors (Lipinski definition) is 4. The maximum atomic E-state index is 5.52. The van der Waals surface area contributed by atoms with E-state index in [0.717, 1.165) is 38.1 Å². The van der Waals surface area contributed by atoms with Crippen molar-refractivity contribution in [3.63, 3.8) is 0 Å². The van der Waals surface area contributed by atoms with Crippen molar-refractivity contribution in [2.24, 2.45) is 0 Å². The molecule has 0 aliphatic carbocycles. The first-order valence-electron chi connectivity index (χ1n) is 5.37. The van der Waals surface area contributed by atoms with Crippen LogP contribution in [-0.2, 0) is 11.2 Å². The van der Waals surface area contributed by atoms with E-state index in [4.69, 9.17) is 9.26 Å². The highest BCUT2D eigenvalue weighted by molar-refractivity contribution is 9.09. The fourth-order valence-electron chi connectivity index (χ4n) is 1.66. The minimum atomic E-state index is 0.170. The molecular formula is C10H15BrN2O2. The van der Waals surface area contributed by atoms with Crippen molar-refractivity contribution in [1.82, 2.24) is 10.1 Å². The van der Waals surface area contributed by atoms with Crippen molar-refractivity contribution in [2.75, 3.05) is 6.61 Å². The van der Waals surface area contributed by atoms with E-state index >= 15 is 0 Å². The first-order valence-corrected chi connectivity index (χ1v) is 6.29. The van der Waals surface area contributed by atoms with E-state index in [2.05, 4.69) is 33.0 Å². The van der Waals surface area contributed by atoms with Crippen molar-refractivity contribution in [2.45, 2.75) is 43.5 Å². The Balaban J connectivity index is 1.94. The smallest absolute Gasteiger partial charge is 0.240 e. The van der Waals surface area contributed by atoms with Crippen LogP contribution < -0.4 is 0 Å². The van der Waals surface area contributed by atoms with E-state index in [1.165, 1.54) is 0 Å². The molecule has 0 amide bonds. The highest BCUT2D eigenvalue weighted by Gasteiger charge is 2.20. The third-order valence-corrected chi connectivity index (χ3v) is 3.58. The Morgan fingerprint density at radius 1 is 1.60 bits per heavy atom. The molecule has 84 valence electrons. The monoisotopic (exact) mass is 274 g/mol. The fraction of sp³-hybridized carbons (Fsp3) is 0.800. The number of ether oxygens (including phenoxy) is 1. The molecule has 1 fully saturated rings. The molecule has 0 radical (unpaired) electrons.